The van der Waals surface area contributed by atoms with Crippen molar-refractivity contribution in [3.63, 3.8) is 0 Å². The van der Waals surface area contributed by atoms with E-state index in [1.165, 1.54) is 7.11 Å². The molecule has 110 valence electrons. The number of ether oxygens (including phenoxy) is 2. The van der Waals surface area contributed by atoms with Gasteiger partial charge in [-0.15, -0.1) is 0 Å². The van der Waals surface area contributed by atoms with Crippen LogP contribution in [0.3, 0.4) is 0 Å². The van der Waals surface area contributed by atoms with E-state index in [0.717, 1.165) is 28.3 Å². The lowest BCUT2D eigenvalue weighted by molar-refractivity contribution is 0.112. The molecule has 3 rings (SSSR count). The summed E-state index contributed by atoms with van der Waals surface area (Å²) in [7, 11) is 3.08. The number of aldehydes is 1. The lowest BCUT2D eigenvalue weighted by Gasteiger charge is -2.12. The summed E-state index contributed by atoms with van der Waals surface area (Å²) in [5, 5.41) is 1.04. The van der Waals surface area contributed by atoms with Crippen LogP contribution in [0.25, 0.3) is 22.0 Å². The highest BCUT2D eigenvalue weighted by molar-refractivity contribution is 5.88. The Hall–Kier alpha value is -2.88. The Morgan fingerprint density at radius 3 is 2.59 bits per heavy atom. The highest BCUT2D eigenvalue weighted by Crippen LogP contribution is 2.36. The first kappa shape index (κ1) is 14.1. The zero-order valence-electron chi connectivity index (χ0n) is 12.4. The molecule has 0 amide bonds. The van der Waals surface area contributed by atoms with E-state index in [1.807, 2.05) is 36.4 Å². The second-order valence-corrected chi connectivity index (χ2v) is 4.83. The Morgan fingerprint density at radius 2 is 1.86 bits per heavy atom. The molecule has 0 saturated heterocycles. The summed E-state index contributed by atoms with van der Waals surface area (Å²) in [5.74, 6) is 0.983. The molecule has 0 aliphatic rings. The molecular formula is C18H15NO3. The van der Waals surface area contributed by atoms with Gasteiger partial charge in [-0.2, -0.15) is 0 Å². The fraction of sp³-hybridized carbons (Fsp3) is 0.111. The smallest absolute Gasteiger partial charge is 0.171 e. The lowest BCUT2D eigenvalue weighted by Crippen LogP contribution is -1.96. The maximum absolute atomic E-state index is 11.3. The normalized spacial score (nSPS) is 10.5. The van der Waals surface area contributed by atoms with Gasteiger partial charge in [0.25, 0.3) is 0 Å². The van der Waals surface area contributed by atoms with E-state index in [4.69, 9.17) is 9.47 Å². The van der Waals surface area contributed by atoms with Gasteiger partial charge < -0.3 is 9.47 Å². The summed E-state index contributed by atoms with van der Waals surface area (Å²) < 4.78 is 10.6. The van der Waals surface area contributed by atoms with Gasteiger partial charge in [-0.1, -0.05) is 12.1 Å². The second-order valence-electron chi connectivity index (χ2n) is 4.83. The van der Waals surface area contributed by atoms with Gasteiger partial charge in [0.05, 0.1) is 25.3 Å². The van der Waals surface area contributed by atoms with E-state index in [2.05, 4.69) is 4.98 Å². The summed E-state index contributed by atoms with van der Waals surface area (Å²) in [4.78, 5) is 15.6. The number of hydrogen-bond acceptors (Lipinski definition) is 4. The first-order chi connectivity index (χ1) is 10.8. The standard InChI is InChI=1S/C18H15NO3/c1-21-17-10-14(9-15(11-20)18(17)22-2)12-5-6-16-13(8-12)4-3-7-19-16/h3-11H,1-2H3. The summed E-state index contributed by atoms with van der Waals surface area (Å²) in [5.41, 5.74) is 3.28. The van der Waals surface area contributed by atoms with Crippen molar-refractivity contribution in [2.24, 2.45) is 0 Å². The number of aromatic nitrogens is 1. The van der Waals surface area contributed by atoms with E-state index in [9.17, 15) is 4.79 Å². The molecule has 0 bridgehead atoms. The van der Waals surface area contributed by atoms with Gasteiger partial charge in [-0.05, 0) is 41.5 Å². The number of hydrogen-bond donors (Lipinski definition) is 0. The summed E-state index contributed by atoms with van der Waals surface area (Å²) in [6.07, 6.45) is 2.54. The molecule has 0 atom stereocenters. The zero-order valence-corrected chi connectivity index (χ0v) is 12.4. The Morgan fingerprint density at radius 1 is 1.00 bits per heavy atom. The van der Waals surface area contributed by atoms with Crippen LogP contribution in [0.15, 0.2) is 48.7 Å². The van der Waals surface area contributed by atoms with Crippen LogP contribution >= 0.6 is 0 Å². The molecule has 0 spiro atoms. The number of carbonyl (C=O) groups excluding carboxylic acids is 1. The topological polar surface area (TPSA) is 48.4 Å². The third kappa shape index (κ3) is 2.39. The van der Waals surface area contributed by atoms with E-state index in [1.54, 1.807) is 19.4 Å². The molecule has 3 aromatic rings. The molecule has 0 N–H and O–H groups in total. The largest absolute Gasteiger partial charge is 0.493 e. The molecule has 2 aromatic carbocycles. The van der Waals surface area contributed by atoms with Gasteiger partial charge >= 0.3 is 0 Å². The number of nitrogens with zero attached hydrogens (tertiary/aromatic N) is 1. The predicted octanol–water partition coefficient (Wildman–Crippen LogP) is 3.73. The van der Waals surface area contributed by atoms with Crippen LogP contribution in [-0.2, 0) is 0 Å². The van der Waals surface area contributed by atoms with E-state index < -0.39 is 0 Å². The van der Waals surface area contributed by atoms with Gasteiger partial charge in [-0.25, -0.2) is 0 Å². The summed E-state index contributed by atoms with van der Waals surface area (Å²) >= 11 is 0. The molecule has 0 saturated carbocycles. The molecule has 0 fully saturated rings. The monoisotopic (exact) mass is 293 g/mol. The molecular weight excluding hydrogens is 278 g/mol. The molecule has 1 heterocycles. The Bertz CT molecular complexity index is 843. The summed E-state index contributed by atoms with van der Waals surface area (Å²) in [6.45, 7) is 0. The van der Waals surface area contributed by atoms with Gasteiger partial charge in [0.1, 0.15) is 0 Å². The Kier molecular flexibility index (Phi) is 3.74. The van der Waals surface area contributed by atoms with E-state index in [0.29, 0.717) is 17.1 Å². The molecule has 22 heavy (non-hydrogen) atoms. The summed E-state index contributed by atoms with van der Waals surface area (Å²) in [6, 6.07) is 13.5. The van der Waals surface area contributed by atoms with Gasteiger partial charge in [0.15, 0.2) is 17.8 Å². The second kappa shape index (κ2) is 5.85. The van der Waals surface area contributed by atoms with Crippen LogP contribution in [0.5, 0.6) is 11.5 Å². The Balaban J connectivity index is 2.19. The number of methoxy groups -OCH3 is 2. The molecule has 0 unspecified atom stereocenters. The first-order valence-electron chi connectivity index (χ1n) is 6.83. The minimum atomic E-state index is 0.448. The maximum atomic E-state index is 11.3. The average molecular weight is 293 g/mol. The van der Waals surface area contributed by atoms with Crippen molar-refractivity contribution in [3.05, 3.63) is 54.2 Å². The molecule has 0 aliphatic heterocycles. The number of carbonyl (C=O) groups is 1. The lowest BCUT2D eigenvalue weighted by atomic mass is 10.0. The van der Waals surface area contributed by atoms with Gasteiger partial charge in [0.2, 0.25) is 0 Å². The quantitative estimate of drug-likeness (QED) is 0.688. The van der Waals surface area contributed by atoms with Crippen LogP contribution in [0.4, 0.5) is 0 Å². The minimum Gasteiger partial charge on any atom is -0.493 e. The van der Waals surface area contributed by atoms with E-state index >= 15 is 0 Å². The maximum Gasteiger partial charge on any atom is 0.171 e. The van der Waals surface area contributed by atoms with E-state index in [-0.39, 0.29) is 0 Å². The number of rotatable bonds is 4. The fourth-order valence-electron chi connectivity index (χ4n) is 2.50. The number of benzene rings is 2. The van der Waals surface area contributed by atoms with Crippen molar-refractivity contribution < 1.29 is 14.3 Å². The highest BCUT2D eigenvalue weighted by Gasteiger charge is 2.13. The molecule has 4 nitrogen and oxygen atoms in total. The van der Waals surface area contributed by atoms with Crippen LogP contribution in [0.1, 0.15) is 10.4 Å². The van der Waals surface area contributed by atoms with Crippen LogP contribution in [0, 0.1) is 0 Å². The number of fused-ring (bicyclic) bond motifs is 1. The van der Waals surface area contributed by atoms with Crippen molar-refractivity contribution in [1.82, 2.24) is 4.98 Å². The minimum absolute atomic E-state index is 0.448. The van der Waals surface area contributed by atoms with Crippen LogP contribution in [-0.4, -0.2) is 25.5 Å². The zero-order chi connectivity index (χ0) is 15.5. The predicted molar refractivity (Wildman–Crippen MR) is 85.7 cm³/mol. The molecule has 0 aliphatic carbocycles. The van der Waals surface area contributed by atoms with Crippen molar-refractivity contribution in [1.29, 1.82) is 0 Å². The first-order valence-corrected chi connectivity index (χ1v) is 6.83. The Labute approximate surface area is 128 Å². The van der Waals surface area contributed by atoms with Crippen LogP contribution in [0.2, 0.25) is 0 Å². The molecule has 0 radical (unpaired) electrons. The van der Waals surface area contributed by atoms with Crippen molar-refractivity contribution in [2.75, 3.05) is 14.2 Å². The van der Waals surface area contributed by atoms with Gasteiger partial charge in [0, 0.05) is 11.6 Å². The third-order valence-electron chi connectivity index (χ3n) is 3.57. The van der Waals surface area contributed by atoms with Crippen LogP contribution < -0.4 is 9.47 Å². The van der Waals surface area contributed by atoms with Crippen molar-refractivity contribution in [3.8, 4) is 22.6 Å². The van der Waals surface area contributed by atoms with Crippen molar-refractivity contribution >= 4 is 17.2 Å². The average Bonchev–Trinajstić information content (AvgIpc) is 2.59. The van der Waals surface area contributed by atoms with Crippen molar-refractivity contribution in [2.45, 2.75) is 0 Å². The number of pyridine rings is 1. The highest BCUT2D eigenvalue weighted by atomic mass is 16.5. The third-order valence-corrected chi connectivity index (χ3v) is 3.57. The fourth-order valence-corrected chi connectivity index (χ4v) is 2.50. The van der Waals surface area contributed by atoms with Gasteiger partial charge in [-0.3, -0.25) is 9.78 Å². The molecule has 4 heteroatoms. The SMILES string of the molecule is COc1cc(-c2ccc3ncccc3c2)cc(C=O)c1OC. The molecule has 1 aromatic heterocycles.